The molecule has 1 aliphatic rings. The molecule has 2 aromatic carbocycles. The van der Waals surface area contributed by atoms with Crippen LogP contribution in [-0.2, 0) is 21.2 Å². The number of nitrogens with zero attached hydrogens (tertiary/aromatic N) is 1. The number of hydrogen-bond donors (Lipinski definition) is 0. The standard InChI is InChI=1S/C17H17NO3S.2ClH/c1-13-6-10-16(11-7-13)22(20,21)18-12-15(19)9-8-14-4-2-3-5-17(14)18;;/h2-7,10-11H,8-9,12H2,1H3;2*1H. The zero-order valence-corrected chi connectivity index (χ0v) is 15.6. The highest BCUT2D eigenvalue weighted by molar-refractivity contribution is 7.92. The zero-order chi connectivity index (χ0) is 15.7. The molecule has 1 aliphatic heterocycles. The highest BCUT2D eigenvalue weighted by Crippen LogP contribution is 2.30. The topological polar surface area (TPSA) is 54.5 Å². The Morgan fingerprint density at radius 1 is 0.917 bits per heavy atom. The van der Waals surface area contributed by atoms with Crippen LogP contribution in [0.2, 0.25) is 0 Å². The molecule has 0 aliphatic carbocycles. The summed E-state index contributed by atoms with van der Waals surface area (Å²) in [5.74, 6) is -0.0631. The fourth-order valence-corrected chi connectivity index (χ4v) is 4.10. The van der Waals surface area contributed by atoms with Gasteiger partial charge in [0.05, 0.1) is 17.1 Å². The van der Waals surface area contributed by atoms with E-state index in [0.717, 1.165) is 11.1 Å². The lowest BCUT2D eigenvalue weighted by Gasteiger charge is -2.24. The fourth-order valence-electron chi connectivity index (χ4n) is 2.62. The highest BCUT2D eigenvalue weighted by Gasteiger charge is 2.30. The van der Waals surface area contributed by atoms with Gasteiger partial charge in [0.1, 0.15) is 0 Å². The summed E-state index contributed by atoms with van der Waals surface area (Å²) in [5, 5.41) is 0. The molecule has 4 nitrogen and oxygen atoms in total. The van der Waals surface area contributed by atoms with Crippen LogP contribution in [0.25, 0.3) is 0 Å². The van der Waals surface area contributed by atoms with Gasteiger partial charge in [-0.05, 0) is 37.1 Å². The number of Topliss-reactive ketones (excluding diaryl/α,β-unsaturated/α-hetero) is 1. The van der Waals surface area contributed by atoms with Crippen LogP contribution in [0.15, 0.2) is 53.4 Å². The molecule has 3 rings (SSSR count). The van der Waals surface area contributed by atoms with Crippen LogP contribution < -0.4 is 4.31 Å². The quantitative estimate of drug-likeness (QED) is 0.791. The van der Waals surface area contributed by atoms with Gasteiger partial charge >= 0.3 is 0 Å². The average Bonchev–Trinajstić information content (AvgIpc) is 2.68. The summed E-state index contributed by atoms with van der Waals surface area (Å²) in [7, 11) is -3.74. The van der Waals surface area contributed by atoms with Crippen molar-refractivity contribution in [2.24, 2.45) is 0 Å². The van der Waals surface area contributed by atoms with E-state index < -0.39 is 10.0 Å². The molecule has 0 N–H and O–H groups in total. The zero-order valence-electron chi connectivity index (χ0n) is 13.1. The van der Waals surface area contributed by atoms with E-state index >= 15 is 0 Å². The minimum atomic E-state index is -3.74. The average molecular weight is 388 g/mol. The number of anilines is 1. The number of hydrogen-bond acceptors (Lipinski definition) is 3. The van der Waals surface area contributed by atoms with Crippen LogP contribution in [-0.4, -0.2) is 20.7 Å². The Bertz CT molecular complexity index is 820. The van der Waals surface area contributed by atoms with Crippen molar-refractivity contribution in [2.45, 2.75) is 24.7 Å². The summed E-state index contributed by atoms with van der Waals surface area (Å²) in [4.78, 5) is 12.2. The lowest BCUT2D eigenvalue weighted by molar-refractivity contribution is -0.117. The minimum absolute atomic E-state index is 0. The van der Waals surface area contributed by atoms with E-state index in [1.807, 2.05) is 19.1 Å². The fraction of sp³-hybridized carbons (Fsp3) is 0.235. The van der Waals surface area contributed by atoms with Crippen molar-refractivity contribution in [3.8, 4) is 0 Å². The van der Waals surface area contributed by atoms with E-state index in [1.165, 1.54) is 4.31 Å². The van der Waals surface area contributed by atoms with Gasteiger partial charge in [0.25, 0.3) is 10.0 Å². The Balaban J connectivity index is 0.00000144. The van der Waals surface area contributed by atoms with Gasteiger partial charge in [-0.15, -0.1) is 24.8 Å². The molecule has 2 aromatic rings. The summed E-state index contributed by atoms with van der Waals surface area (Å²) in [6, 6.07) is 14.0. The highest BCUT2D eigenvalue weighted by atomic mass is 35.5. The van der Waals surface area contributed by atoms with Gasteiger partial charge in [0.15, 0.2) is 5.78 Å². The number of carbonyl (C=O) groups excluding carboxylic acids is 1. The van der Waals surface area contributed by atoms with Gasteiger partial charge in [0.2, 0.25) is 0 Å². The molecule has 0 atom stereocenters. The van der Waals surface area contributed by atoms with Crippen LogP contribution in [0.3, 0.4) is 0 Å². The number of para-hydroxylation sites is 1. The van der Waals surface area contributed by atoms with E-state index in [-0.39, 0.29) is 42.0 Å². The second-order valence-corrected chi connectivity index (χ2v) is 7.35. The third-order valence-electron chi connectivity index (χ3n) is 3.86. The SMILES string of the molecule is Cc1ccc(S(=O)(=O)N2CC(=O)CCc3ccccc32)cc1.Cl.Cl. The summed E-state index contributed by atoms with van der Waals surface area (Å²) < 4.78 is 27.1. The number of ketones is 1. The van der Waals surface area contributed by atoms with Crippen LogP contribution in [0.1, 0.15) is 17.5 Å². The number of rotatable bonds is 2. The number of halogens is 2. The van der Waals surface area contributed by atoms with Crippen molar-refractivity contribution in [3.05, 3.63) is 59.7 Å². The predicted molar refractivity (Wildman–Crippen MR) is 100.0 cm³/mol. The Kier molecular flexibility index (Phi) is 6.84. The lowest BCUT2D eigenvalue weighted by atomic mass is 10.1. The molecule has 0 unspecified atom stereocenters. The third-order valence-corrected chi connectivity index (χ3v) is 5.64. The number of fused-ring (bicyclic) bond motifs is 1. The maximum absolute atomic E-state index is 12.9. The second-order valence-electron chi connectivity index (χ2n) is 5.49. The van der Waals surface area contributed by atoms with Gasteiger partial charge < -0.3 is 0 Å². The van der Waals surface area contributed by atoms with E-state index in [4.69, 9.17) is 0 Å². The van der Waals surface area contributed by atoms with Crippen LogP contribution in [0.4, 0.5) is 5.69 Å². The van der Waals surface area contributed by atoms with Crippen LogP contribution in [0.5, 0.6) is 0 Å². The van der Waals surface area contributed by atoms with Crippen molar-refractivity contribution in [1.29, 1.82) is 0 Å². The molecule has 0 aromatic heterocycles. The first-order valence-corrected chi connectivity index (χ1v) is 8.61. The first-order chi connectivity index (χ1) is 10.5. The van der Waals surface area contributed by atoms with Crippen LogP contribution in [0, 0.1) is 6.92 Å². The monoisotopic (exact) mass is 387 g/mol. The number of sulfonamides is 1. The largest absolute Gasteiger partial charge is 0.298 e. The van der Waals surface area contributed by atoms with Crippen LogP contribution >= 0.6 is 24.8 Å². The molecule has 0 spiro atoms. The molecule has 7 heteroatoms. The Hall–Kier alpha value is -1.56. The molecular formula is C17H19Cl2NO3S. The van der Waals surface area contributed by atoms with Gasteiger partial charge in [0, 0.05) is 6.42 Å². The summed E-state index contributed by atoms with van der Waals surface area (Å²) >= 11 is 0. The van der Waals surface area contributed by atoms with Crippen molar-refractivity contribution in [1.82, 2.24) is 0 Å². The minimum Gasteiger partial charge on any atom is -0.298 e. The van der Waals surface area contributed by atoms with Gasteiger partial charge in [-0.2, -0.15) is 0 Å². The molecule has 24 heavy (non-hydrogen) atoms. The number of aryl methyl sites for hydroxylation is 2. The Morgan fingerprint density at radius 3 is 2.21 bits per heavy atom. The number of benzene rings is 2. The molecule has 0 radical (unpaired) electrons. The van der Waals surface area contributed by atoms with E-state index in [1.54, 1.807) is 36.4 Å². The molecule has 0 saturated carbocycles. The summed E-state index contributed by atoms with van der Waals surface area (Å²) in [5.41, 5.74) is 2.49. The first kappa shape index (κ1) is 20.5. The van der Waals surface area contributed by atoms with Gasteiger partial charge in [-0.25, -0.2) is 8.42 Å². The van der Waals surface area contributed by atoms with Crippen molar-refractivity contribution >= 4 is 46.3 Å². The molecule has 0 amide bonds. The number of carbonyl (C=O) groups is 1. The molecule has 130 valence electrons. The molecule has 0 bridgehead atoms. The van der Waals surface area contributed by atoms with E-state index in [2.05, 4.69) is 0 Å². The smallest absolute Gasteiger partial charge is 0.264 e. The maximum Gasteiger partial charge on any atom is 0.264 e. The molecule has 0 saturated heterocycles. The van der Waals surface area contributed by atoms with Gasteiger partial charge in [-0.1, -0.05) is 35.9 Å². The Morgan fingerprint density at radius 2 is 1.54 bits per heavy atom. The van der Waals surface area contributed by atoms with E-state index in [9.17, 15) is 13.2 Å². The lowest BCUT2D eigenvalue weighted by Crippen LogP contribution is -2.35. The van der Waals surface area contributed by atoms with Gasteiger partial charge in [-0.3, -0.25) is 9.10 Å². The predicted octanol–water partition coefficient (Wildman–Crippen LogP) is 3.55. The summed E-state index contributed by atoms with van der Waals surface area (Å²) in [6.07, 6.45) is 0.950. The molecule has 0 fully saturated rings. The normalized spacial score (nSPS) is 14.0. The van der Waals surface area contributed by atoms with Crippen molar-refractivity contribution in [3.63, 3.8) is 0 Å². The third kappa shape index (κ3) is 3.91. The van der Waals surface area contributed by atoms with Crippen molar-refractivity contribution in [2.75, 3.05) is 10.8 Å². The second kappa shape index (κ2) is 8.01. The molecule has 1 heterocycles. The first-order valence-electron chi connectivity index (χ1n) is 7.17. The maximum atomic E-state index is 12.9. The van der Waals surface area contributed by atoms with E-state index in [0.29, 0.717) is 18.5 Å². The molecular weight excluding hydrogens is 369 g/mol. The summed E-state index contributed by atoms with van der Waals surface area (Å²) in [6.45, 7) is 1.80. The Labute approximate surface area is 154 Å². The van der Waals surface area contributed by atoms with Crippen molar-refractivity contribution < 1.29 is 13.2 Å².